The molecule has 4 aromatic rings. The Labute approximate surface area is 187 Å². The first-order valence-electron chi connectivity index (χ1n) is 10.2. The lowest BCUT2D eigenvalue weighted by atomic mass is 10.1. The fourth-order valence-corrected chi connectivity index (χ4v) is 4.94. The quantitative estimate of drug-likeness (QED) is 0.444. The van der Waals surface area contributed by atoms with Crippen LogP contribution in [0.15, 0.2) is 54.7 Å². The highest BCUT2D eigenvalue weighted by Crippen LogP contribution is 2.23. The minimum Gasteiger partial charge on any atom is -0.361 e. The molecule has 0 radical (unpaired) electrons. The molecule has 1 atom stereocenters. The monoisotopic (exact) mass is 447 g/mol. The minimum absolute atomic E-state index is 0.295. The number of carbonyl (C=O) groups is 3. The molecule has 0 bridgehead atoms. The molecule has 1 aliphatic heterocycles. The second-order valence-electron chi connectivity index (χ2n) is 7.82. The predicted molar refractivity (Wildman–Crippen MR) is 122 cm³/mol. The smallest absolute Gasteiger partial charge is 0.325 e. The zero-order valence-corrected chi connectivity index (χ0v) is 18.2. The van der Waals surface area contributed by atoms with Gasteiger partial charge in [0.1, 0.15) is 17.6 Å². The summed E-state index contributed by atoms with van der Waals surface area (Å²) in [5.41, 5.74) is 2.81. The van der Waals surface area contributed by atoms with Crippen LogP contribution in [0.2, 0.25) is 0 Å². The average molecular weight is 448 g/mol. The number of likely N-dealkylation sites (N-methyl/N-ethyl adjacent to an activating group) is 1. The molecular weight excluding hydrogens is 426 g/mol. The maximum absolute atomic E-state index is 12.9. The Morgan fingerprint density at radius 2 is 1.94 bits per heavy atom. The second kappa shape index (κ2) is 8.08. The first kappa shape index (κ1) is 20.2. The summed E-state index contributed by atoms with van der Waals surface area (Å²) in [6.45, 7) is 0.0248. The van der Waals surface area contributed by atoms with Gasteiger partial charge >= 0.3 is 6.03 Å². The van der Waals surface area contributed by atoms with E-state index in [-0.39, 0.29) is 18.4 Å². The molecule has 1 aliphatic rings. The number of H-pyrrole nitrogens is 1. The number of carbonyl (C=O) groups excluding carboxylic acids is 3. The summed E-state index contributed by atoms with van der Waals surface area (Å²) < 4.78 is 1.05. The first-order valence-corrected chi connectivity index (χ1v) is 11.1. The van der Waals surface area contributed by atoms with Crippen molar-refractivity contribution in [2.24, 2.45) is 0 Å². The van der Waals surface area contributed by atoms with Gasteiger partial charge < -0.3 is 15.2 Å². The van der Waals surface area contributed by atoms with Crippen molar-refractivity contribution >= 4 is 50.3 Å². The van der Waals surface area contributed by atoms with Gasteiger partial charge in [-0.1, -0.05) is 30.3 Å². The Bertz CT molecular complexity index is 1310. The lowest BCUT2D eigenvalue weighted by molar-refractivity contribution is -0.136. The number of aromatic amines is 1. The Kier molecular flexibility index (Phi) is 5.10. The normalized spacial score (nSPS) is 16.2. The number of nitrogens with one attached hydrogen (secondary N) is 2. The molecule has 1 fully saturated rings. The van der Waals surface area contributed by atoms with E-state index in [1.807, 2.05) is 54.7 Å². The molecule has 1 saturated heterocycles. The topological polar surface area (TPSA) is 98.4 Å². The Morgan fingerprint density at radius 1 is 1.16 bits per heavy atom. The predicted octanol–water partition coefficient (Wildman–Crippen LogP) is 2.90. The standard InChI is InChI=1S/C23H21N5O3S/c1-27(12-20-25-17-8-4-5-9-19(17)32-20)21(29)13-28-22(30)18(26-23(28)31)10-14-11-24-16-7-3-2-6-15(14)16/h2-9,11,18,24H,10,12-13H2,1H3,(H,26,31). The summed E-state index contributed by atoms with van der Waals surface area (Å²) in [5.74, 6) is -0.706. The van der Waals surface area contributed by atoms with Crippen LogP contribution in [0.5, 0.6) is 0 Å². The number of hydrogen-bond donors (Lipinski definition) is 2. The van der Waals surface area contributed by atoms with Gasteiger partial charge in [-0.2, -0.15) is 0 Å². The summed E-state index contributed by atoms with van der Waals surface area (Å²) >= 11 is 1.52. The van der Waals surface area contributed by atoms with Gasteiger partial charge in [-0.3, -0.25) is 14.5 Å². The average Bonchev–Trinajstić information content (AvgIpc) is 3.46. The highest BCUT2D eigenvalue weighted by atomic mass is 32.1. The summed E-state index contributed by atoms with van der Waals surface area (Å²) in [6.07, 6.45) is 2.21. The number of aromatic nitrogens is 2. The van der Waals surface area contributed by atoms with Gasteiger partial charge in [0, 0.05) is 30.6 Å². The molecular formula is C23H21N5O3S. The number of imide groups is 1. The third kappa shape index (κ3) is 3.71. The third-order valence-electron chi connectivity index (χ3n) is 5.64. The highest BCUT2D eigenvalue weighted by Gasteiger charge is 2.39. The van der Waals surface area contributed by atoms with Crippen molar-refractivity contribution in [3.8, 4) is 0 Å². The zero-order valence-electron chi connectivity index (χ0n) is 17.4. The number of hydrogen-bond acceptors (Lipinski definition) is 5. The van der Waals surface area contributed by atoms with Crippen LogP contribution >= 0.6 is 11.3 Å². The molecule has 8 nitrogen and oxygen atoms in total. The summed E-state index contributed by atoms with van der Waals surface area (Å²) in [5, 5.41) is 4.53. The molecule has 3 heterocycles. The van der Waals surface area contributed by atoms with Crippen molar-refractivity contribution in [2.45, 2.75) is 19.0 Å². The van der Waals surface area contributed by atoms with E-state index in [0.717, 1.165) is 36.6 Å². The van der Waals surface area contributed by atoms with E-state index in [1.54, 1.807) is 7.05 Å². The fraction of sp³-hybridized carbons (Fsp3) is 0.217. The molecule has 1 unspecified atom stereocenters. The lowest BCUT2D eigenvalue weighted by Crippen LogP contribution is -2.41. The maximum Gasteiger partial charge on any atom is 0.325 e. The molecule has 5 rings (SSSR count). The van der Waals surface area contributed by atoms with E-state index in [2.05, 4.69) is 15.3 Å². The highest BCUT2D eigenvalue weighted by molar-refractivity contribution is 7.18. The number of fused-ring (bicyclic) bond motifs is 2. The van der Waals surface area contributed by atoms with Crippen molar-refractivity contribution in [3.05, 3.63) is 65.3 Å². The number of benzene rings is 2. The van der Waals surface area contributed by atoms with Gasteiger partial charge in [-0.05, 0) is 23.8 Å². The van der Waals surface area contributed by atoms with Gasteiger partial charge in [0.25, 0.3) is 5.91 Å². The second-order valence-corrected chi connectivity index (χ2v) is 8.93. The van der Waals surface area contributed by atoms with Crippen molar-refractivity contribution < 1.29 is 14.4 Å². The maximum atomic E-state index is 12.9. The number of amides is 4. The van der Waals surface area contributed by atoms with Crippen LogP contribution < -0.4 is 5.32 Å². The Hall–Kier alpha value is -3.72. The Morgan fingerprint density at radius 3 is 2.78 bits per heavy atom. The molecule has 162 valence electrons. The number of nitrogens with zero attached hydrogens (tertiary/aromatic N) is 3. The van der Waals surface area contributed by atoms with Crippen LogP contribution in [0.3, 0.4) is 0 Å². The number of urea groups is 1. The zero-order chi connectivity index (χ0) is 22.2. The van der Waals surface area contributed by atoms with Crippen molar-refractivity contribution in [2.75, 3.05) is 13.6 Å². The van der Waals surface area contributed by atoms with Gasteiger partial charge in [-0.15, -0.1) is 11.3 Å². The summed E-state index contributed by atoms with van der Waals surface area (Å²) in [7, 11) is 1.65. The molecule has 9 heteroatoms. The molecule has 2 aromatic heterocycles. The third-order valence-corrected chi connectivity index (χ3v) is 6.66. The van der Waals surface area contributed by atoms with Gasteiger partial charge in [0.05, 0.1) is 16.8 Å². The van der Waals surface area contributed by atoms with Crippen LogP contribution in [0, 0.1) is 0 Å². The van der Waals surface area contributed by atoms with Crippen LogP contribution in [-0.4, -0.2) is 57.2 Å². The van der Waals surface area contributed by atoms with Gasteiger partial charge in [0.2, 0.25) is 5.91 Å². The number of thiazole rings is 1. The van der Waals surface area contributed by atoms with E-state index >= 15 is 0 Å². The summed E-state index contributed by atoms with van der Waals surface area (Å²) in [4.78, 5) is 48.2. The number of para-hydroxylation sites is 2. The molecule has 0 spiro atoms. The molecule has 4 amide bonds. The molecule has 2 aromatic carbocycles. The summed E-state index contributed by atoms with van der Waals surface area (Å²) in [6, 6.07) is 14.3. The lowest BCUT2D eigenvalue weighted by Gasteiger charge is -2.19. The van der Waals surface area contributed by atoms with Crippen LogP contribution in [-0.2, 0) is 22.6 Å². The fourth-order valence-electron chi connectivity index (χ4n) is 3.92. The molecule has 2 N–H and O–H groups in total. The molecule has 32 heavy (non-hydrogen) atoms. The van der Waals surface area contributed by atoms with E-state index in [0.29, 0.717) is 13.0 Å². The van der Waals surface area contributed by atoms with E-state index in [4.69, 9.17) is 0 Å². The van der Waals surface area contributed by atoms with E-state index in [1.165, 1.54) is 16.2 Å². The van der Waals surface area contributed by atoms with Crippen LogP contribution in [0.1, 0.15) is 10.6 Å². The Balaban J connectivity index is 1.24. The molecule has 0 aliphatic carbocycles. The largest absolute Gasteiger partial charge is 0.361 e. The first-order chi connectivity index (χ1) is 15.5. The minimum atomic E-state index is -0.691. The molecule has 0 saturated carbocycles. The van der Waals surface area contributed by atoms with Crippen LogP contribution in [0.25, 0.3) is 21.1 Å². The van der Waals surface area contributed by atoms with Crippen molar-refractivity contribution in [1.29, 1.82) is 0 Å². The van der Waals surface area contributed by atoms with Crippen molar-refractivity contribution in [3.63, 3.8) is 0 Å². The van der Waals surface area contributed by atoms with Crippen molar-refractivity contribution in [1.82, 2.24) is 25.1 Å². The van der Waals surface area contributed by atoms with E-state index < -0.39 is 12.1 Å². The number of rotatable bonds is 6. The van der Waals surface area contributed by atoms with E-state index in [9.17, 15) is 14.4 Å². The van der Waals surface area contributed by atoms with Gasteiger partial charge in [-0.25, -0.2) is 9.78 Å². The SMILES string of the molecule is CN(Cc1nc2ccccc2s1)C(=O)CN1C(=O)NC(Cc2c[nH]c3ccccc23)C1=O. The van der Waals surface area contributed by atoms with Gasteiger partial charge in [0.15, 0.2) is 0 Å². The van der Waals surface area contributed by atoms with Crippen LogP contribution in [0.4, 0.5) is 4.79 Å².